The summed E-state index contributed by atoms with van der Waals surface area (Å²) < 4.78 is 5.95. The normalized spacial score (nSPS) is 22.7. The number of amides is 1. The van der Waals surface area contributed by atoms with E-state index in [4.69, 9.17) is 4.74 Å². The van der Waals surface area contributed by atoms with E-state index in [0.717, 1.165) is 45.3 Å². The third-order valence-corrected chi connectivity index (χ3v) is 4.07. The first-order valence-corrected chi connectivity index (χ1v) is 7.23. The Labute approximate surface area is 111 Å². The molecule has 4 nitrogen and oxygen atoms in total. The van der Waals surface area contributed by atoms with Gasteiger partial charge in [-0.3, -0.25) is 4.79 Å². The Morgan fingerprint density at radius 3 is 2.72 bits per heavy atom. The van der Waals surface area contributed by atoms with Gasteiger partial charge in [-0.25, -0.2) is 0 Å². The summed E-state index contributed by atoms with van der Waals surface area (Å²) in [7, 11) is 1.69. The molecule has 0 aromatic carbocycles. The first-order chi connectivity index (χ1) is 8.65. The van der Waals surface area contributed by atoms with Crippen molar-refractivity contribution in [3.8, 4) is 0 Å². The molecular formula is C14H28N2O2. The van der Waals surface area contributed by atoms with E-state index in [2.05, 4.69) is 24.5 Å². The van der Waals surface area contributed by atoms with Gasteiger partial charge in [0.2, 0.25) is 5.91 Å². The van der Waals surface area contributed by atoms with Gasteiger partial charge in [-0.05, 0) is 38.6 Å². The summed E-state index contributed by atoms with van der Waals surface area (Å²) >= 11 is 0. The van der Waals surface area contributed by atoms with Crippen molar-refractivity contribution in [2.45, 2.75) is 64.0 Å². The Bertz CT molecular complexity index is 252. The molecule has 18 heavy (non-hydrogen) atoms. The molecule has 0 bridgehead atoms. The Hall–Kier alpha value is -0.610. The second-order valence-electron chi connectivity index (χ2n) is 5.16. The van der Waals surface area contributed by atoms with Gasteiger partial charge in [0.05, 0.1) is 5.60 Å². The van der Waals surface area contributed by atoms with E-state index in [0.29, 0.717) is 12.5 Å². The van der Waals surface area contributed by atoms with E-state index in [9.17, 15) is 4.79 Å². The van der Waals surface area contributed by atoms with Crippen molar-refractivity contribution in [2.24, 2.45) is 0 Å². The van der Waals surface area contributed by atoms with E-state index < -0.39 is 0 Å². The smallest absolute Gasteiger partial charge is 0.219 e. The first-order valence-electron chi connectivity index (χ1n) is 7.23. The fraction of sp³-hybridized carbons (Fsp3) is 0.929. The van der Waals surface area contributed by atoms with Crippen molar-refractivity contribution >= 4 is 5.91 Å². The summed E-state index contributed by atoms with van der Waals surface area (Å²) in [5.41, 5.74) is 0.0801. The van der Waals surface area contributed by atoms with Crippen LogP contribution in [0.1, 0.15) is 52.4 Å². The van der Waals surface area contributed by atoms with Crippen LogP contribution in [0, 0.1) is 0 Å². The van der Waals surface area contributed by atoms with Crippen molar-refractivity contribution in [3.05, 3.63) is 0 Å². The maximum Gasteiger partial charge on any atom is 0.219 e. The van der Waals surface area contributed by atoms with Gasteiger partial charge in [0.1, 0.15) is 0 Å². The zero-order valence-corrected chi connectivity index (χ0v) is 12.1. The zero-order chi connectivity index (χ0) is 13.4. The number of ether oxygens (including phenoxy) is 1. The average molecular weight is 256 g/mol. The van der Waals surface area contributed by atoms with Crippen LogP contribution in [-0.2, 0) is 9.53 Å². The van der Waals surface area contributed by atoms with Gasteiger partial charge in [0, 0.05) is 26.1 Å². The lowest BCUT2D eigenvalue weighted by Crippen LogP contribution is -2.46. The number of carbonyl (C=O) groups excluding carboxylic acids is 1. The standard InChI is InChI=1S/C14H28N2O2/c1-4-14(5-2)11-12(8-10-18-14)16-9-6-7-13(17)15-3/h12,16H,4-11H2,1-3H3,(H,15,17). The highest BCUT2D eigenvalue weighted by molar-refractivity contribution is 5.75. The molecular weight excluding hydrogens is 228 g/mol. The van der Waals surface area contributed by atoms with Crippen LogP contribution in [0.25, 0.3) is 0 Å². The third-order valence-electron chi connectivity index (χ3n) is 4.07. The van der Waals surface area contributed by atoms with Crippen molar-refractivity contribution < 1.29 is 9.53 Å². The molecule has 106 valence electrons. The number of hydrogen-bond donors (Lipinski definition) is 2. The predicted octanol–water partition coefficient (Wildman–Crippen LogP) is 1.84. The molecule has 1 rings (SSSR count). The number of hydrogen-bond acceptors (Lipinski definition) is 3. The van der Waals surface area contributed by atoms with Crippen LogP contribution in [-0.4, -0.2) is 37.7 Å². The Morgan fingerprint density at radius 1 is 1.39 bits per heavy atom. The van der Waals surface area contributed by atoms with Crippen molar-refractivity contribution in [3.63, 3.8) is 0 Å². The molecule has 1 fully saturated rings. The van der Waals surface area contributed by atoms with E-state index in [1.165, 1.54) is 0 Å². The molecule has 1 heterocycles. The topological polar surface area (TPSA) is 50.4 Å². The fourth-order valence-electron chi connectivity index (χ4n) is 2.62. The van der Waals surface area contributed by atoms with Gasteiger partial charge in [0.25, 0.3) is 0 Å². The van der Waals surface area contributed by atoms with Gasteiger partial charge >= 0.3 is 0 Å². The van der Waals surface area contributed by atoms with E-state index in [-0.39, 0.29) is 11.5 Å². The maximum atomic E-state index is 11.1. The largest absolute Gasteiger partial charge is 0.375 e. The fourth-order valence-corrected chi connectivity index (χ4v) is 2.62. The summed E-state index contributed by atoms with van der Waals surface area (Å²) in [5, 5.41) is 6.21. The highest BCUT2D eigenvalue weighted by Gasteiger charge is 2.33. The van der Waals surface area contributed by atoms with Crippen LogP contribution < -0.4 is 10.6 Å². The third kappa shape index (κ3) is 4.58. The molecule has 1 aliphatic heterocycles. The SMILES string of the molecule is CCC1(CC)CC(NCCCC(=O)NC)CCO1. The van der Waals surface area contributed by atoms with E-state index >= 15 is 0 Å². The van der Waals surface area contributed by atoms with E-state index in [1.54, 1.807) is 7.05 Å². The molecule has 1 amide bonds. The lowest BCUT2D eigenvalue weighted by molar-refractivity contribution is -0.120. The summed E-state index contributed by atoms with van der Waals surface area (Å²) in [6, 6.07) is 0.545. The van der Waals surface area contributed by atoms with Crippen LogP contribution in [0.3, 0.4) is 0 Å². The van der Waals surface area contributed by atoms with Crippen molar-refractivity contribution in [1.82, 2.24) is 10.6 Å². The van der Waals surface area contributed by atoms with Crippen molar-refractivity contribution in [1.29, 1.82) is 0 Å². The number of nitrogens with one attached hydrogen (secondary N) is 2. The van der Waals surface area contributed by atoms with Crippen molar-refractivity contribution in [2.75, 3.05) is 20.2 Å². The summed E-state index contributed by atoms with van der Waals surface area (Å²) in [5.74, 6) is 0.125. The quantitative estimate of drug-likeness (QED) is 0.683. The lowest BCUT2D eigenvalue weighted by atomic mass is 9.86. The van der Waals surface area contributed by atoms with Crippen LogP contribution in [0.5, 0.6) is 0 Å². The molecule has 1 unspecified atom stereocenters. The monoisotopic (exact) mass is 256 g/mol. The molecule has 0 aliphatic carbocycles. The molecule has 2 N–H and O–H groups in total. The second kappa shape index (κ2) is 7.74. The van der Waals surface area contributed by atoms with Gasteiger partial charge in [0.15, 0.2) is 0 Å². The summed E-state index contributed by atoms with van der Waals surface area (Å²) in [6.45, 7) is 6.19. The molecule has 0 aromatic heterocycles. The molecule has 0 aromatic rings. The molecule has 0 saturated carbocycles. The zero-order valence-electron chi connectivity index (χ0n) is 12.1. The Kier molecular flexibility index (Phi) is 6.65. The summed E-state index contributed by atoms with van der Waals surface area (Å²) in [6.07, 6.45) is 5.86. The number of carbonyl (C=O) groups is 1. The summed E-state index contributed by atoms with van der Waals surface area (Å²) in [4.78, 5) is 11.1. The minimum atomic E-state index is 0.0801. The minimum absolute atomic E-state index is 0.0801. The molecule has 1 atom stereocenters. The van der Waals surface area contributed by atoms with Crippen LogP contribution >= 0.6 is 0 Å². The number of rotatable bonds is 7. The van der Waals surface area contributed by atoms with Gasteiger partial charge in [-0.1, -0.05) is 13.8 Å². The second-order valence-corrected chi connectivity index (χ2v) is 5.16. The van der Waals surface area contributed by atoms with Gasteiger partial charge in [-0.2, -0.15) is 0 Å². The molecule has 0 spiro atoms. The minimum Gasteiger partial charge on any atom is -0.375 e. The molecule has 1 saturated heterocycles. The van der Waals surface area contributed by atoms with Gasteiger partial charge < -0.3 is 15.4 Å². The average Bonchev–Trinajstić information content (AvgIpc) is 2.43. The highest BCUT2D eigenvalue weighted by Crippen LogP contribution is 2.31. The molecule has 0 radical (unpaired) electrons. The Balaban J connectivity index is 2.24. The van der Waals surface area contributed by atoms with Crippen LogP contribution in [0.2, 0.25) is 0 Å². The first kappa shape index (κ1) is 15.4. The Morgan fingerprint density at radius 2 is 2.11 bits per heavy atom. The van der Waals surface area contributed by atoms with Crippen LogP contribution in [0.15, 0.2) is 0 Å². The maximum absolute atomic E-state index is 11.1. The van der Waals surface area contributed by atoms with Crippen LogP contribution in [0.4, 0.5) is 0 Å². The predicted molar refractivity (Wildman–Crippen MR) is 73.6 cm³/mol. The highest BCUT2D eigenvalue weighted by atomic mass is 16.5. The molecule has 1 aliphatic rings. The van der Waals surface area contributed by atoms with Gasteiger partial charge in [-0.15, -0.1) is 0 Å². The lowest BCUT2D eigenvalue weighted by Gasteiger charge is -2.40. The van der Waals surface area contributed by atoms with E-state index in [1.807, 2.05) is 0 Å². The molecule has 4 heteroatoms.